The molecule has 0 aliphatic heterocycles. The lowest BCUT2D eigenvalue weighted by atomic mass is 10.1. The number of nitrogens with zero attached hydrogens (tertiary/aromatic N) is 2. The minimum absolute atomic E-state index is 0.161. The molecule has 1 atom stereocenters. The largest absolute Gasteiger partial charge is 0.497 e. The van der Waals surface area contributed by atoms with E-state index in [1.807, 2.05) is 31.2 Å². The first-order chi connectivity index (χ1) is 13.3. The number of carbonyl (C=O) groups is 1. The number of hydrogen-bond acceptors (Lipinski definition) is 4. The molecule has 2 aromatic heterocycles. The third-order valence-electron chi connectivity index (χ3n) is 4.12. The van der Waals surface area contributed by atoms with E-state index < -0.39 is 11.9 Å². The van der Waals surface area contributed by atoms with E-state index in [2.05, 4.69) is 10.4 Å². The maximum atomic E-state index is 12.6. The maximum Gasteiger partial charge on any atom is 0.435 e. The normalized spacial score (nSPS) is 12.6. The van der Waals surface area contributed by atoms with Crippen molar-refractivity contribution in [2.75, 3.05) is 7.11 Å². The molecule has 2 heterocycles. The summed E-state index contributed by atoms with van der Waals surface area (Å²) in [5.74, 6) is 0.494. The number of nitrogens with one attached hydrogen (secondary N) is 1. The molecule has 0 spiro atoms. The standard InChI is InChI=1S/C19H18F3N3O2S/c1-12(14-3-5-15(27-2)6-4-14)23-18(26)16-9-13(11-28-16)10-25-8-7-17(24-25)19(20,21)22/h3-9,11-12H,10H2,1-2H3,(H,23,26). The van der Waals surface area contributed by atoms with Crippen LogP contribution in [0.3, 0.4) is 0 Å². The van der Waals surface area contributed by atoms with Gasteiger partial charge in [0.1, 0.15) is 5.75 Å². The van der Waals surface area contributed by atoms with Crippen molar-refractivity contribution in [1.29, 1.82) is 0 Å². The van der Waals surface area contributed by atoms with Crippen molar-refractivity contribution >= 4 is 17.2 Å². The van der Waals surface area contributed by atoms with Gasteiger partial charge in [0.25, 0.3) is 5.91 Å². The summed E-state index contributed by atoms with van der Waals surface area (Å²) in [6.45, 7) is 2.03. The van der Waals surface area contributed by atoms with E-state index in [4.69, 9.17) is 4.74 Å². The van der Waals surface area contributed by atoms with Gasteiger partial charge in [-0.1, -0.05) is 12.1 Å². The summed E-state index contributed by atoms with van der Waals surface area (Å²) < 4.78 is 44.2. The first kappa shape index (κ1) is 19.9. The Balaban J connectivity index is 1.62. The summed E-state index contributed by atoms with van der Waals surface area (Å²) in [6, 6.07) is 9.77. The number of rotatable bonds is 6. The number of carbonyl (C=O) groups excluding carboxylic acids is 1. The highest BCUT2D eigenvalue weighted by Crippen LogP contribution is 2.27. The number of alkyl halides is 3. The van der Waals surface area contributed by atoms with Crippen molar-refractivity contribution in [3.8, 4) is 5.75 Å². The van der Waals surface area contributed by atoms with Crippen LogP contribution in [-0.2, 0) is 12.7 Å². The Morgan fingerprint density at radius 1 is 1.29 bits per heavy atom. The highest BCUT2D eigenvalue weighted by molar-refractivity contribution is 7.12. The maximum absolute atomic E-state index is 12.6. The molecule has 9 heteroatoms. The number of halogens is 3. The number of amides is 1. The molecule has 0 fully saturated rings. The van der Waals surface area contributed by atoms with Crippen LogP contribution in [0.15, 0.2) is 48.0 Å². The summed E-state index contributed by atoms with van der Waals surface area (Å²) in [4.78, 5) is 12.9. The van der Waals surface area contributed by atoms with E-state index in [-0.39, 0.29) is 18.5 Å². The Morgan fingerprint density at radius 2 is 2.00 bits per heavy atom. The molecule has 0 aliphatic carbocycles. The Kier molecular flexibility index (Phi) is 5.73. The van der Waals surface area contributed by atoms with Crippen LogP contribution >= 0.6 is 11.3 Å². The molecule has 1 unspecified atom stereocenters. The predicted molar refractivity (Wildman–Crippen MR) is 99.5 cm³/mol. The molecule has 1 N–H and O–H groups in total. The number of methoxy groups -OCH3 is 1. The van der Waals surface area contributed by atoms with E-state index in [9.17, 15) is 18.0 Å². The van der Waals surface area contributed by atoms with Crippen LogP contribution in [0.25, 0.3) is 0 Å². The van der Waals surface area contributed by atoms with E-state index >= 15 is 0 Å². The summed E-state index contributed by atoms with van der Waals surface area (Å²) >= 11 is 1.24. The van der Waals surface area contributed by atoms with Crippen molar-refractivity contribution in [2.24, 2.45) is 0 Å². The molecule has 5 nitrogen and oxygen atoms in total. The van der Waals surface area contributed by atoms with Crippen molar-refractivity contribution in [1.82, 2.24) is 15.1 Å². The van der Waals surface area contributed by atoms with Gasteiger partial charge in [0.2, 0.25) is 0 Å². The monoisotopic (exact) mass is 409 g/mol. The quantitative estimate of drug-likeness (QED) is 0.652. The van der Waals surface area contributed by atoms with Gasteiger partial charge in [-0.3, -0.25) is 9.48 Å². The van der Waals surface area contributed by atoms with E-state index in [0.29, 0.717) is 10.4 Å². The Bertz CT molecular complexity index is 948. The van der Waals surface area contributed by atoms with Gasteiger partial charge in [-0.25, -0.2) is 0 Å². The first-order valence-electron chi connectivity index (χ1n) is 8.39. The zero-order valence-electron chi connectivity index (χ0n) is 15.2. The minimum Gasteiger partial charge on any atom is -0.497 e. The molecule has 1 aromatic carbocycles. The zero-order chi connectivity index (χ0) is 20.3. The number of thiophene rings is 1. The lowest BCUT2D eigenvalue weighted by molar-refractivity contribution is -0.141. The second kappa shape index (κ2) is 8.05. The van der Waals surface area contributed by atoms with Crippen LogP contribution in [0.5, 0.6) is 5.75 Å². The van der Waals surface area contributed by atoms with E-state index in [1.54, 1.807) is 18.6 Å². The van der Waals surface area contributed by atoms with Crippen molar-refractivity contribution < 1.29 is 22.7 Å². The number of aromatic nitrogens is 2. The molecular weight excluding hydrogens is 391 g/mol. The van der Waals surface area contributed by atoms with E-state index in [0.717, 1.165) is 17.4 Å². The molecule has 0 saturated carbocycles. The number of hydrogen-bond donors (Lipinski definition) is 1. The van der Waals surface area contributed by atoms with Crippen LogP contribution in [-0.4, -0.2) is 22.8 Å². The molecule has 148 valence electrons. The fourth-order valence-electron chi connectivity index (χ4n) is 2.61. The molecule has 0 aliphatic rings. The molecule has 28 heavy (non-hydrogen) atoms. The molecule has 0 saturated heterocycles. The molecular formula is C19H18F3N3O2S. The van der Waals surface area contributed by atoms with Gasteiger partial charge in [-0.05, 0) is 47.7 Å². The van der Waals surface area contributed by atoms with Crippen LogP contribution in [0, 0.1) is 0 Å². The first-order valence-corrected chi connectivity index (χ1v) is 9.27. The zero-order valence-corrected chi connectivity index (χ0v) is 16.0. The highest BCUT2D eigenvalue weighted by atomic mass is 32.1. The Hall–Kier alpha value is -2.81. The SMILES string of the molecule is COc1ccc(C(C)NC(=O)c2cc(Cn3ccc(C(F)(F)F)n3)cs2)cc1. The second-order valence-electron chi connectivity index (χ2n) is 6.18. The Labute approximate surface area is 163 Å². The summed E-state index contributed by atoms with van der Waals surface area (Å²) in [5.41, 5.74) is 0.709. The summed E-state index contributed by atoms with van der Waals surface area (Å²) in [6.07, 6.45) is -3.20. The third kappa shape index (κ3) is 4.72. The average molecular weight is 409 g/mol. The topological polar surface area (TPSA) is 56.1 Å². The molecule has 3 aromatic rings. The van der Waals surface area contributed by atoms with E-state index in [1.165, 1.54) is 22.2 Å². The molecule has 0 radical (unpaired) electrons. The van der Waals surface area contributed by atoms with Gasteiger partial charge in [0.05, 0.1) is 24.6 Å². The third-order valence-corrected chi connectivity index (χ3v) is 5.09. The predicted octanol–water partition coefficient (Wildman–Crippen LogP) is 4.51. The van der Waals surface area contributed by atoms with Gasteiger partial charge in [-0.15, -0.1) is 11.3 Å². The lowest BCUT2D eigenvalue weighted by Crippen LogP contribution is -2.25. The van der Waals surface area contributed by atoms with Gasteiger partial charge in [0, 0.05) is 6.20 Å². The summed E-state index contributed by atoms with van der Waals surface area (Å²) in [5, 5.41) is 8.17. The minimum atomic E-state index is -4.47. The fourth-order valence-corrected chi connectivity index (χ4v) is 3.42. The fraction of sp³-hybridized carbons (Fsp3) is 0.263. The van der Waals surface area contributed by atoms with Crippen molar-refractivity contribution in [3.63, 3.8) is 0 Å². The van der Waals surface area contributed by atoms with Crippen molar-refractivity contribution in [2.45, 2.75) is 25.7 Å². The molecule has 0 bridgehead atoms. The van der Waals surface area contributed by atoms with Gasteiger partial charge < -0.3 is 10.1 Å². The molecule has 3 rings (SSSR count). The van der Waals surface area contributed by atoms with Crippen molar-refractivity contribution in [3.05, 3.63) is 69.7 Å². The van der Waals surface area contributed by atoms with Crippen LogP contribution in [0.1, 0.15) is 39.5 Å². The van der Waals surface area contributed by atoms with Crippen LogP contribution in [0.4, 0.5) is 13.2 Å². The number of ether oxygens (including phenoxy) is 1. The Morgan fingerprint density at radius 3 is 2.61 bits per heavy atom. The smallest absolute Gasteiger partial charge is 0.435 e. The average Bonchev–Trinajstić information content (AvgIpc) is 3.31. The second-order valence-corrected chi connectivity index (χ2v) is 7.10. The number of benzene rings is 1. The van der Waals surface area contributed by atoms with Crippen LogP contribution in [0.2, 0.25) is 0 Å². The molecule has 1 amide bonds. The van der Waals surface area contributed by atoms with Gasteiger partial charge >= 0.3 is 6.18 Å². The highest BCUT2D eigenvalue weighted by Gasteiger charge is 2.33. The van der Waals surface area contributed by atoms with Gasteiger partial charge in [-0.2, -0.15) is 18.3 Å². The van der Waals surface area contributed by atoms with Crippen LogP contribution < -0.4 is 10.1 Å². The summed E-state index contributed by atoms with van der Waals surface area (Å²) in [7, 11) is 1.59. The lowest BCUT2D eigenvalue weighted by Gasteiger charge is -2.14. The van der Waals surface area contributed by atoms with Gasteiger partial charge in [0.15, 0.2) is 5.69 Å².